The van der Waals surface area contributed by atoms with Crippen LogP contribution in [0, 0.1) is 0 Å². The maximum atomic E-state index is 5.87. The monoisotopic (exact) mass is 439 g/mol. The Bertz CT molecular complexity index is 274. The molecule has 0 bridgehead atoms. The van der Waals surface area contributed by atoms with Crippen LogP contribution in [0.2, 0.25) is 5.54 Å². The van der Waals surface area contributed by atoms with Gasteiger partial charge in [0.05, 0.1) is 27.2 Å². The zero-order valence-corrected chi connectivity index (χ0v) is 20.7. The highest BCUT2D eigenvalue weighted by Crippen LogP contribution is 2.19. The molecule has 0 heterocycles. The third-order valence-electron chi connectivity index (χ3n) is 4.93. The minimum absolute atomic E-state index is 0. The lowest BCUT2D eigenvalue weighted by molar-refractivity contribution is -0.890. The van der Waals surface area contributed by atoms with Crippen LogP contribution in [-0.2, 0) is 8.85 Å². The van der Waals surface area contributed by atoms with Crippen LogP contribution in [0.1, 0.15) is 85.5 Å². The van der Waals surface area contributed by atoms with Gasteiger partial charge in [0.25, 0.3) is 0 Å². The van der Waals surface area contributed by atoms with E-state index >= 15 is 0 Å². The predicted octanol–water partition coefficient (Wildman–Crippen LogP) is 2.28. The van der Waals surface area contributed by atoms with Gasteiger partial charge >= 0.3 is 9.28 Å². The van der Waals surface area contributed by atoms with Crippen LogP contribution < -0.4 is 17.0 Å². The second kappa shape index (κ2) is 18.0. The lowest BCUT2D eigenvalue weighted by atomic mass is 10.1. The van der Waals surface area contributed by atoms with Gasteiger partial charge in [-0.3, -0.25) is 0 Å². The molecule has 1 unspecified atom stereocenters. The van der Waals surface area contributed by atoms with Crippen molar-refractivity contribution in [3.63, 3.8) is 0 Å². The summed E-state index contributed by atoms with van der Waals surface area (Å²) >= 11 is 0. The number of hydrogen-bond donors (Lipinski definition) is 0. The Morgan fingerprint density at radius 3 is 1.72 bits per heavy atom. The van der Waals surface area contributed by atoms with Gasteiger partial charge in [-0.05, 0) is 26.7 Å². The molecule has 0 rings (SSSR count). The summed E-state index contributed by atoms with van der Waals surface area (Å²) in [5.74, 6) is 0. The van der Waals surface area contributed by atoms with Crippen molar-refractivity contribution in [3.8, 4) is 0 Å². The van der Waals surface area contributed by atoms with E-state index in [9.17, 15) is 0 Å². The van der Waals surface area contributed by atoms with Gasteiger partial charge in [0.1, 0.15) is 0 Å². The summed E-state index contributed by atoms with van der Waals surface area (Å²) in [6.45, 7) is 12.9. The summed E-state index contributed by atoms with van der Waals surface area (Å²) in [7, 11) is 3.28. The van der Waals surface area contributed by atoms with Gasteiger partial charge in [0.2, 0.25) is 0 Å². The molecule has 0 aliphatic rings. The van der Waals surface area contributed by atoms with Crippen molar-refractivity contribution in [2.75, 3.05) is 40.4 Å². The number of nitrogens with zero attached hydrogens (tertiary/aromatic N) is 1. The first kappa shape index (κ1) is 27.8. The Morgan fingerprint density at radius 1 is 0.760 bits per heavy atom. The van der Waals surface area contributed by atoms with Gasteiger partial charge in [-0.15, -0.1) is 0 Å². The molecule has 0 aromatic carbocycles. The predicted molar refractivity (Wildman–Crippen MR) is 109 cm³/mol. The van der Waals surface area contributed by atoms with Crippen molar-refractivity contribution < 1.29 is 30.3 Å². The van der Waals surface area contributed by atoms with E-state index in [1.807, 2.05) is 0 Å². The van der Waals surface area contributed by atoms with Crippen molar-refractivity contribution in [1.29, 1.82) is 0 Å². The highest BCUT2D eigenvalue weighted by Gasteiger charge is 2.24. The molecule has 0 spiro atoms. The van der Waals surface area contributed by atoms with E-state index in [2.05, 4.69) is 41.8 Å². The third-order valence-corrected chi connectivity index (χ3v) is 7.52. The van der Waals surface area contributed by atoms with Crippen molar-refractivity contribution in [3.05, 3.63) is 0 Å². The second-order valence-corrected chi connectivity index (χ2v) is 10.4. The Hall–Kier alpha value is 0.577. The number of halogens is 1. The van der Waals surface area contributed by atoms with E-state index in [1.54, 1.807) is 0 Å². The fourth-order valence-electron chi connectivity index (χ4n) is 3.18. The van der Waals surface area contributed by atoms with E-state index in [-0.39, 0.29) is 17.0 Å². The fourth-order valence-corrected chi connectivity index (χ4v) is 5.01. The highest BCUT2D eigenvalue weighted by molar-refractivity contribution is 6.46. The molecule has 5 heteroatoms. The minimum atomic E-state index is -1.48. The van der Waals surface area contributed by atoms with Crippen molar-refractivity contribution in [1.82, 2.24) is 0 Å². The zero-order valence-electron chi connectivity index (χ0n) is 18.0. The number of hydrogen-bond acceptors (Lipinski definition) is 2. The van der Waals surface area contributed by atoms with Crippen molar-refractivity contribution >= 4 is 9.28 Å². The largest absolute Gasteiger partial charge is 1.00 e. The molecule has 0 aromatic rings. The van der Waals surface area contributed by atoms with Crippen LogP contribution in [0.4, 0.5) is 0 Å². The Kier molecular flexibility index (Phi) is 20.0. The van der Waals surface area contributed by atoms with Crippen LogP contribution in [-0.4, -0.2) is 54.2 Å². The molecule has 0 aromatic heterocycles. The Morgan fingerprint density at radius 2 is 1.24 bits per heavy atom. The number of rotatable bonds is 17. The summed E-state index contributed by atoms with van der Waals surface area (Å²) in [5, 5.41) is 0. The number of unbranched alkanes of at least 4 members (excludes halogenated alkanes) is 7. The Labute approximate surface area is 171 Å². The van der Waals surface area contributed by atoms with E-state index in [0.717, 1.165) is 17.7 Å². The molecule has 0 amide bonds. The molecular formula is C20H46BrNO2Si. The molecule has 0 fully saturated rings. The lowest BCUT2D eigenvalue weighted by Gasteiger charge is -2.32. The van der Waals surface area contributed by atoms with Gasteiger partial charge in [-0.25, -0.2) is 0 Å². The standard InChI is InChI=1S/C20H46NO2Si.BrH/c1-7-10-11-12-13-14-15-16-18-21(5,6)19-17-20(4)24(22-8-2)23-9-3;/h20,24H,7-19H2,1-6H3;1H/q+1;/p-1. The summed E-state index contributed by atoms with van der Waals surface area (Å²) in [5.41, 5.74) is 0.598. The molecule has 0 saturated heterocycles. The molecule has 0 N–H and O–H groups in total. The molecule has 25 heavy (non-hydrogen) atoms. The first-order chi connectivity index (χ1) is 11.5. The molecule has 154 valence electrons. The van der Waals surface area contributed by atoms with Gasteiger partial charge in [0, 0.05) is 25.2 Å². The first-order valence-electron chi connectivity index (χ1n) is 10.5. The highest BCUT2D eigenvalue weighted by atomic mass is 79.9. The average Bonchev–Trinajstić information content (AvgIpc) is 2.55. The lowest BCUT2D eigenvalue weighted by Crippen LogP contribution is -3.00. The molecule has 0 radical (unpaired) electrons. The third kappa shape index (κ3) is 16.5. The summed E-state index contributed by atoms with van der Waals surface area (Å²) < 4.78 is 12.9. The van der Waals surface area contributed by atoms with Crippen LogP contribution >= 0.6 is 0 Å². The van der Waals surface area contributed by atoms with E-state index in [1.165, 1.54) is 70.9 Å². The van der Waals surface area contributed by atoms with E-state index < -0.39 is 9.28 Å². The van der Waals surface area contributed by atoms with Gasteiger partial charge < -0.3 is 30.3 Å². The van der Waals surface area contributed by atoms with Crippen LogP contribution in [0.5, 0.6) is 0 Å². The van der Waals surface area contributed by atoms with Gasteiger partial charge in [0.15, 0.2) is 0 Å². The normalized spacial score (nSPS) is 13.1. The summed E-state index contributed by atoms with van der Waals surface area (Å²) in [6.07, 6.45) is 12.5. The topological polar surface area (TPSA) is 18.5 Å². The van der Waals surface area contributed by atoms with Crippen LogP contribution in [0.15, 0.2) is 0 Å². The van der Waals surface area contributed by atoms with E-state index in [0.29, 0.717) is 5.54 Å². The zero-order chi connectivity index (χ0) is 18.3. The van der Waals surface area contributed by atoms with Gasteiger partial charge in [-0.1, -0.05) is 52.4 Å². The molecule has 0 aliphatic carbocycles. The summed E-state index contributed by atoms with van der Waals surface area (Å²) in [4.78, 5) is 0. The molecule has 1 atom stereocenters. The van der Waals surface area contributed by atoms with Gasteiger partial charge in [-0.2, -0.15) is 0 Å². The maximum Gasteiger partial charge on any atom is 0.324 e. The minimum Gasteiger partial charge on any atom is -1.00 e. The molecular weight excluding hydrogens is 394 g/mol. The maximum absolute atomic E-state index is 5.87. The average molecular weight is 441 g/mol. The molecule has 0 saturated carbocycles. The van der Waals surface area contributed by atoms with Crippen molar-refractivity contribution in [2.24, 2.45) is 0 Å². The molecule has 3 nitrogen and oxygen atoms in total. The smallest absolute Gasteiger partial charge is 0.324 e. The van der Waals surface area contributed by atoms with E-state index in [4.69, 9.17) is 8.85 Å². The Balaban J connectivity index is 0. The summed E-state index contributed by atoms with van der Waals surface area (Å²) in [6, 6.07) is 0. The SMILES string of the molecule is CCCCCCCCCC[N+](C)(C)CCC(C)[SiH](OCC)OCC.[Br-]. The van der Waals surface area contributed by atoms with Crippen molar-refractivity contribution in [2.45, 2.75) is 91.0 Å². The quantitative estimate of drug-likeness (QED) is 0.196. The fraction of sp³-hybridized carbons (Fsp3) is 1.00. The second-order valence-electron chi connectivity index (χ2n) is 7.90. The number of quaternary nitrogens is 1. The molecule has 0 aliphatic heterocycles. The first-order valence-corrected chi connectivity index (χ1v) is 12.1. The van der Waals surface area contributed by atoms with Crippen LogP contribution in [0.3, 0.4) is 0 Å². The van der Waals surface area contributed by atoms with Crippen LogP contribution in [0.25, 0.3) is 0 Å².